The number of thiazole rings is 1. The third-order valence-corrected chi connectivity index (χ3v) is 6.79. The van der Waals surface area contributed by atoms with Crippen LogP contribution in [0.15, 0.2) is 18.2 Å². The van der Waals surface area contributed by atoms with E-state index >= 15 is 0 Å². The third-order valence-electron chi connectivity index (χ3n) is 4.36. The summed E-state index contributed by atoms with van der Waals surface area (Å²) in [6.07, 6.45) is 2.90. The summed E-state index contributed by atoms with van der Waals surface area (Å²) in [5.41, 5.74) is 0.894. The molecular weight excluding hydrogens is 334 g/mol. The van der Waals surface area contributed by atoms with Gasteiger partial charge in [-0.1, -0.05) is 17.4 Å². The van der Waals surface area contributed by atoms with E-state index in [2.05, 4.69) is 4.90 Å². The molecule has 0 amide bonds. The van der Waals surface area contributed by atoms with Crippen molar-refractivity contribution in [1.29, 1.82) is 0 Å². The molecule has 0 saturated carbocycles. The van der Waals surface area contributed by atoms with Gasteiger partial charge in [0, 0.05) is 26.2 Å². The Morgan fingerprint density at radius 2 is 2.04 bits per heavy atom. The fourth-order valence-electron chi connectivity index (χ4n) is 2.90. The quantitative estimate of drug-likeness (QED) is 0.841. The summed E-state index contributed by atoms with van der Waals surface area (Å²) >= 11 is 1.65. The number of aromatic nitrogens is 1. The Morgan fingerprint density at radius 3 is 2.65 bits per heavy atom. The van der Waals surface area contributed by atoms with Crippen LogP contribution in [0.5, 0.6) is 5.75 Å². The van der Waals surface area contributed by atoms with Crippen molar-refractivity contribution in [1.82, 2.24) is 9.29 Å². The number of fused-ring (bicyclic) bond motifs is 1. The smallest absolute Gasteiger partial charge is 0.211 e. The van der Waals surface area contributed by atoms with E-state index in [1.807, 2.05) is 18.2 Å². The number of hydrogen-bond acceptors (Lipinski definition) is 6. The summed E-state index contributed by atoms with van der Waals surface area (Å²) in [5.74, 6) is 0.789. The number of rotatable bonds is 4. The summed E-state index contributed by atoms with van der Waals surface area (Å²) in [6, 6.07) is 6.00. The second-order valence-corrected chi connectivity index (χ2v) is 8.85. The van der Waals surface area contributed by atoms with Crippen molar-refractivity contribution in [2.75, 3.05) is 38.4 Å². The van der Waals surface area contributed by atoms with Crippen LogP contribution in [0.4, 0.5) is 5.13 Å². The minimum absolute atomic E-state index is 0.0742. The Kier molecular flexibility index (Phi) is 4.48. The molecule has 2 aromatic rings. The molecule has 0 spiro atoms. The summed E-state index contributed by atoms with van der Waals surface area (Å²) in [4.78, 5) is 6.95. The maximum atomic E-state index is 11.7. The first kappa shape index (κ1) is 16.5. The molecule has 1 aliphatic rings. The van der Waals surface area contributed by atoms with Gasteiger partial charge < -0.3 is 9.64 Å². The highest BCUT2D eigenvalue weighted by Crippen LogP contribution is 2.35. The van der Waals surface area contributed by atoms with E-state index in [0.29, 0.717) is 0 Å². The Labute approximate surface area is 140 Å². The highest BCUT2D eigenvalue weighted by Gasteiger charge is 2.28. The normalized spacial score (nSPS) is 17.1. The van der Waals surface area contributed by atoms with Crippen LogP contribution >= 0.6 is 11.3 Å². The lowest BCUT2D eigenvalue weighted by molar-refractivity contribution is 0.314. The van der Waals surface area contributed by atoms with Crippen molar-refractivity contribution in [2.45, 2.75) is 18.9 Å². The Hall–Kier alpha value is -1.38. The van der Waals surface area contributed by atoms with E-state index in [1.165, 1.54) is 10.6 Å². The number of methoxy groups -OCH3 is 1. The molecule has 23 heavy (non-hydrogen) atoms. The topological polar surface area (TPSA) is 62.7 Å². The van der Waals surface area contributed by atoms with Crippen LogP contribution in [-0.4, -0.2) is 57.3 Å². The zero-order valence-corrected chi connectivity index (χ0v) is 15.2. The van der Waals surface area contributed by atoms with Gasteiger partial charge in [0.15, 0.2) is 5.13 Å². The number of para-hydroxylation sites is 1. The minimum Gasteiger partial charge on any atom is -0.494 e. The number of sulfonamides is 1. The van der Waals surface area contributed by atoms with Crippen LogP contribution in [-0.2, 0) is 10.0 Å². The SMILES string of the molecule is COc1cccc2sc(N3CCC(N(C)S(C)(=O)=O)CC3)nc12. The van der Waals surface area contributed by atoms with Crippen LogP contribution in [0.2, 0.25) is 0 Å². The maximum absolute atomic E-state index is 11.7. The first-order valence-corrected chi connectivity index (χ1v) is 10.2. The number of benzene rings is 1. The number of hydrogen-bond donors (Lipinski definition) is 0. The number of piperidine rings is 1. The average Bonchev–Trinajstić information content (AvgIpc) is 2.97. The monoisotopic (exact) mass is 355 g/mol. The molecular formula is C15H21N3O3S2. The lowest BCUT2D eigenvalue weighted by atomic mass is 10.1. The molecule has 2 heterocycles. The fraction of sp³-hybridized carbons (Fsp3) is 0.533. The zero-order chi connectivity index (χ0) is 16.6. The van der Waals surface area contributed by atoms with E-state index in [0.717, 1.165) is 47.0 Å². The van der Waals surface area contributed by atoms with Crippen LogP contribution in [0.3, 0.4) is 0 Å². The molecule has 126 valence electrons. The van der Waals surface area contributed by atoms with Gasteiger partial charge in [0.25, 0.3) is 0 Å². The molecule has 1 aromatic carbocycles. The molecule has 3 rings (SSSR count). The second-order valence-electron chi connectivity index (χ2n) is 5.80. The molecule has 0 atom stereocenters. The van der Waals surface area contributed by atoms with Gasteiger partial charge in [0.05, 0.1) is 18.1 Å². The highest BCUT2D eigenvalue weighted by molar-refractivity contribution is 7.88. The Morgan fingerprint density at radius 1 is 1.35 bits per heavy atom. The van der Waals surface area contributed by atoms with Crippen molar-refractivity contribution in [3.8, 4) is 5.75 Å². The molecule has 0 unspecified atom stereocenters. The molecule has 1 aromatic heterocycles. The van der Waals surface area contributed by atoms with Gasteiger partial charge in [-0.25, -0.2) is 17.7 Å². The van der Waals surface area contributed by atoms with Crippen LogP contribution in [0.1, 0.15) is 12.8 Å². The molecule has 1 fully saturated rings. The summed E-state index contributed by atoms with van der Waals surface area (Å²) in [6.45, 7) is 1.62. The van der Waals surface area contributed by atoms with E-state index in [-0.39, 0.29) is 6.04 Å². The first-order valence-electron chi connectivity index (χ1n) is 7.51. The van der Waals surface area contributed by atoms with E-state index < -0.39 is 10.0 Å². The van der Waals surface area contributed by atoms with E-state index in [9.17, 15) is 8.42 Å². The molecule has 6 nitrogen and oxygen atoms in total. The Balaban J connectivity index is 1.75. The number of nitrogens with zero attached hydrogens (tertiary/aromatic N) is 3. The summed E-state index contributed by atoms with van der Waals surface area (Å²) < 4.78 is 31.3. The molecule has 1 aliphatic heterocycles. The van der Waals surface area contributed by atoms with Crippen molar-refractivity contribution < 1.29 is 13.2 Å². The molecule has 0 aliphatic carbocycles. The van der Waals surface area contributed by atoms with Gasteiger partial charge >= 0.3 is 0 Å². The number of anilines is 1. The lowest BCUT2D eigenvalue weighted by Gasteiger charge is -2.35. The van der Waals surface area contributed by atoms with Crippen molar-refractivity contribution in [2.24, 2.45) is 0 Å². The Bertz CT molecular complexity index is 795. The van der Waals surface area contributed by atoms with E-state index in [4.69, 9.17) is 9.72 Å². The van der Waals surface area contributed by atoms with E-state index in [1.54, 1.807) is 25.5 Å². The van der Waals surface area contributed by atoms with Gasteiger partial charge in [-0.15, -0.1) is 0 Å². The minimum atomic E-state index is -3.13. The van der Waals surface area contributed by atoms with Gasteiger partial charge in [-0.05, 0) is 25.0 Å². The first-order chi connectivity index (χ1) is 10.9. The van der Waals surface area contributed by atoms with Gasteiger partial charge in [0.2, 0.25) is 10.0 Å². The fourth-order valence-corrected chi connectivity index (χ4v) is 4.69. The molecule has 0 radical (unpaired) electrons. The predicted octanol–water partition coefficient (Wildman–Crippen LogP) is 2.17. The maximum Gasteiger partial charge on any atom is 0.211 e. The third kappa shape index (κ3) is 3.29. The van der Waals surface area contributed by atoms with Gasteiger partial charge in [0.1, 0.15) is 11.3 Å². The summed E-state index contributed by atoms with van der Waals surface area (Å²) in [7, 11) is 0.189. The number of ether oxygens (including phenoxy) is 1. The average molecular weight is 355 g/mol. The predicted molar refractivity (Wildman–Crippen MR) is 94.0 cm³/mol. The van der Waals surface area contributed by atoms with Crippen LogP contribution in [0.25, 0.3) is 10.2 Å². The highest BCUT2D eigenvalue weighted by atomic mass is 32.2. The van der Waals surface area contributed by atoms with Crippen molar-refractivity contribution in [3.63, 3.8) is 0 Å². The standard InChI is InChI=1S/C15H21N3O3S2/c1-17(23(3,19)20)11-7-9-18(10-8-11)15-16-14-12(21-2)5-4-6-13(14)22-15/h4-6,11H,7-10H2,1-3H3. The van der Waals surface area contributed by atoms with Gasteiger partial charge in [-0.3, -0.25) is 0 Å². The second kappa shape index (κ2) is 6.26. The van der Waals surface area contributed by atoms with Crippen molar-refractivity contribution >= 4 is 36.7 Å². The summed E-state index contributed by atoms with van der Waals surface area (Å²) in [5, 5.41) is 0.977. The van der Waals surface area contributed by atoms with Crippen molar-refractivity contribution in [3.05, 3.63) is 18.2 Å². The zero-order valence-electron chi connectivity index (χ0n) is 13.5. The molecule has 0 bridgehead atoms. The molecule has 1 saturated heterocycles. The lowest BCUT2D eigenvalue weighted by Crippen LogP contribution is -2.45. The largest absolute Gasteiger partial charge is 0.494 e. The molecule has 8 heteroatoms. The van der Waals surface area contributed by atoms with Crippen LogP contribution < -0.4 is 9.64 Å². The molecule has 0 N–H and O–H groups in total. The van der Waals surface area contributed by atoms with Gasteiger partial charge in [-0.2, -0.15) is 0 Å². The van der Waals surface area contributed by atoms with Crippen LogP contribution in [0, 0.1) is 0 Å².